The maximum Gasteiger partial charge on any atom is 0.227 e. The summed E-state index contributed by atoms with van der Waals surface area (Å²) in [6.45, 7) is 26.6. The number of fused-ring (bicyclic) bond motifs is 2. The summed E-state index contributed by atoms with van der Waals surface area (Å²) in [4.78, 5) is 19.3. The molecule has 2 saturated heterocycles. The number of para-hydroxylation sites is 1. The molecule has 1 unspecified atom stereocenters. The minimum atomic E-state index is 0.328. The number of aromatic nitrogens is 4. The zero-order valence-corrected chi connectivity index (χ0v) is 35.0. The summed E-state index contributed by atoms with van der Waals surface area (Å²) in [5.74, 6) is 2.32. The molecule has 2 N–H and O–H groups in total. The minimum absolute atomic E-state index is 0.328. The molecule has 5 heterocycles. The van der Waals surface area contributed by atoms with Crippen molar-refractivity contribution in [1.29, 1.82) is 0 Å². The summed E-state index contributed by atoms with van der Waals surface area (Å²) in [7, 11) is 4.16. The molecule has 4 aromatic rings. The maximum absolute atomic E-state index is 6.67. The molecule has 0 radical (unpaired) electrons. The second kappa shape index (κ2) is 17.6. The highest BCUT2D eigenvalue weighted by Gasteiger charge is 2.30. The van der Waals surface area contributed by atoms with E-state index in [0.717, 1.165) is 93.3 Å². The van der Waals surface area contributed by atoms with Crippen molar-refractivity contribution >= 4 is 57.4 Å². The quantitative estimate of drug-likeness (QED) is 0.115. The van der Waals surface area contributed by atoms with Crippen molar-refractivity contribution in [3.63, 3.8) is 0 Å². The van der Waals surface area contributed by atoms with Crippen molar-refractivity contribution in [1.82, 2.24) is 30.0 Å². The first kappa shape index (κ1) is 40.1. The van der Waals surface area contributed by atoms with Crippen molar-refractivity contribution in [3.8, 4) is 0 Å². The fourth-order valence-electron chi connectivity index (χ4n) is 8.74. The number of nitrogens with zero attached hydrogens (tertiary/aromatic N) is 8. The number of hydrogen-bond acceptors (Lipinski definition) is 9. The average Bonchev–Trinajstić information content (AvgIpc) is 3.56. The van der Waals surface area contributed by atoms with Crippen molar-refractivity contribution in [2.75, 3.05) is 66.3 Å². The third-order valence-corrected chi connectivity index (χ3v) is 12.4. The molecule has 300 valence electrons. The molecule has 0 saturated carbocycles. The van der Waals surface area contributed by atoms with Crippen LogP contribution in [0.2, 0.25) is 5.02 Å². The number of halogens is 1. The lowest BCUT2D eigenvalue weighted by Crippen LogP contribution is -2.54. The molecular weight excluding hydrogens is 728 g/mol. The molecule has 2 atom stereocenters. The van der Waals surface area contributed by atoms with Gasteiger partial charge in [0.05, 0.1) is 23.1 Å². The Labute approximate surface area is 344 Å². The number of nitrogens with one attached hydrogen (secondary N) is 2. The van der Waals surface area contributed by atoms with Crippen molar-refractivity contribution in [2.24, 2.45) is 13.0 Å². The number of anilines is 5. The van der Waals surface area contributed by atoms with E-state index in [4.69, 9.17) is 21.7 Å². The van der Waals surface area contributed by atoms with Crippen LogP contribution in [-0.2, 0) is 7.05 Å². The Morgan fingerprint density at radius 1 is 1.05 bits per heavy atom. The Morgan fingerprint density at radius 2 is 1.86 bits per heavy atom. The van der Waals surface area contributed by atoms with E-state index in [9.17, 15) is 0 Å². The SMILES string of the molecule is C=CCCC1=Cc2cc(Nc3nc(N4CCN(CC5CCN(c6cccc7c(C(C)CCC(=C)NC=C)nn(C)c67)CC5)[C@@H](C)C4)ncc3Cl)ccc2N(C)C1=C. The Balaban J connectivity index is 0.943. The number of likely N-dealkylation sites (N-methyl/N-ethyl adjacent to an activating group) is 1. The van der Waals surface area contributed by atoms with Gasteiger partial charge in [-0.25, -0.2) is 4.98 Å². The molecule has 0 amide bonds. The van der Waals surface area contributed by atoms with Gasteiger partial charge in [-0.2, -0.15) is 10.1 Å². The number of allylic oxidation sites excluding steroid dienone is 3. The largest absolute Gasteiger partial charge is 0.370 e. The van der Waals surface area contributed by atoms with Gasteiger partial charge in [-0.3, -0.25) is 9.58 Å². The van der Waals surface area contributed by atoms with Crippen LogP contribution in [0, 0.1) is 5.92 Å². The summed E-state index contributed by atoms with van der Waals surface area (Å²) >= 11 is 6.67. The summed E-state index contributed by atoms with van der Waals surface area (Å²) < 4.78 is 2.09. The van der Waals surface area contributed by atoms with Gasteiger partial charge in [0.1, 0.15) is 5.02 Å². The minimum Gasteiger partial charge on any atom is -0.370 e. The highest BCUT2D eigenvalue weighted by molar-refractivity contribution is 6.32. The third-order valence-electron chi connectivity index (χ3n) is 12.1. The highest BCUT2D eigenvalue weighted by atomic mass is 35.5. The molecule has 2 aromatic heterocycles. The molecule has 3 aliphatic rings. The zero-order chi connectivity index (χ0) is 40.2. The summed E-state index contributed by atoms with van der Waals surface area (Å²) in [6, 6.07) is 13.4. The monoisotopic (exact) mass is 786 g/mol. The van der Waals surface area contributed by atoms with Crippen LogP contribution in [0.1, 0.15) is 69.5 Å². The normalized spacial score (nSPS) is 18.3. The van der Waals surface area contributed by atoms with Crippen molar-refractivity contribution < 1.29 is 0 Å². The Bertz CT molecular complexity index is 2160. The van der Waals surface area contributed by atoms with Crippen LogP contribution < -0.4 is 25.3 Å². The zero-order valence-electron chi connectivity index (χ0n) is 34.3. The van der Waals surface area contributed by atoms with Gasteiger partial charge in [0.2, 0.25) is 5.95 Å². The van der Waals surface area contributed by atoms with Gasteiger partial charge in [0.15, 0.2) is 5.82 Å². The summed E-state index contributed by atoms with van der Waals surface area (Å²) in [6.07, 6.45) is 13.7. The van der Waals surface area contributed by atoms with Crippen molar-refractivity contribution in [2.45, 2.75) is 64.3 Å². The molecule has 57 heavy (non-hydrogen) atoms. The Kier molecular flexibility index (Phi) is 12.4. The van der Waals surface area contributed by atoms with Gasteiger partial charge in [0.25, 0.3) is 0 Å². The van der Waals surface area contributed by atoms with Gasteiger partial charge in [0, 0.05) is 99.0 Å². The predicted octanol–water partition coefficient (Wildman–Crippen LogP) is 9.63. The molecule has 0 aliphatic carbocycles. The van der Waals surface area contributed by atoms with Gasteiger partial charge >= 0.3 is 0 Å². The lowest BCUT2D eigenvalue weighted by molar-refractivity contribution is 0.149. The number of piperazine rings is 1. The maximum atomic E-state index is 6.67. The fraction of sp³-hybridized carbons (Fsp3) is 0.413. The van der Waals surface area contributed by atoms with E-state index in [1.807, 2.05) is 6.08 Å². The van der Waals surface area contributed by atoms with E-state index < -0.39 is 0 Å². The van der Waals surface area contributed by atoms with E-state index in [2.05, 4.69) is 137 Å². The first-order valence-electron chi connectivity index (χ1n) is 20.5. The van der Waals surface area contributed by atoms with Gasteiger partial charge in [-0.05, 0) is 93.5 Å². The Morgan fingerprint density at radius 3 is 2.61 bits per heavy atom. The lowest BCUT2D eigenvalue weighted by atomic mass is 9.94. The first-order chi connectivity index (χ1) is 27.5. The number of aryl methyl sites for hydroxylation is 1. The predicted molar refractivity (Wildman–Crippen MR) is 241 cm³/mol. The first-order valence-corrected chi connectivity index (χ1v) is 20.8. The average molecular weight is 788 g/mol. The number of piperidine rings is 1. The van der Waals surface area contributed by atoms with Gasteiger partial charge in [-0.15, -0.1) is 6.58 Å². The lowest BCUT2D eigenvalue weighted by Gasteiger charge is -2.43. The van der Waals surface area contributed by atoms with E-state index in [-0.39, 0.29) is 0 Å². The Hall–Kier alpha value is -5.06. The molecule has 0 spiro atoms. The van der Waals surface area contributed by atoms with E-state index in [1.54, 1.807) is 12.4 Å². The van der Waals surface area contributed by atoms with Gasteiger partial charge < -0.3 is 25.3 Å². The van der Waals surface area contributed by atoms with Crippen LogP contribution in [0.5, 0.6) is 0 Å². The highest BCUT2D eigenvalue weighted by Crippen LogP contribution is 2.38. The third kappa shape index (κ3) is 8.77. The van der Waals surface area contributed by atoms with Crippen LogP contribution in [0.3, 0.4) is 0 Å². The van der Waals surface area contributed by atoms with Crippen molar-refractivity contribution in [3.05, 3.63) is 114 Å². The molecule has 2 aromatic carbocycles. The molecule has 10 nitrogen and oxygen atoms in total. The van der Waals surface area contributed by atoms with Crippen LogP contribution in [0.4, 0.5) is 28.8 Å². The molecule has 2 fully saturated rings. The van der Waals surface area contributed by atoms with Crippen LogP contribution >= 0.6 is 11.6 Å². The number of benzene rings is 2. The van der Waals surface area contributed by atoms with E-state index >= 15 is 0 Å². The standard InChI is InChI=1S/C46H59ClN10/c1-9-11-13-36-26-37-27-38(18-19-41(37)53(7)34(36)6)50-45-40(47)28-49-46(51-45)57-25-24-56(33(5)29-57)30-35-20-22-55(23-21-35)42-15-12-14-39-43(52-54(8)44(39)42)31(3)16-17-32(4)48-10-2/h9-10,12,14-15,18-19,26-28,31,33,35,48H,1-2,4,6,11,13,16-17,20-25,29-30H2,3,5,7-8H3,(H,49,50,51)/t31?,33-/m0/s1. The molecule has 0 bridgehead atoms. The van der Waals surface area contributed by atoms with Crippen LogP contribution in [-0.4, -0.2) is 77.0 Å². The van der Waals surface area contributed by atoms with Crippen LogP contribution in [0.25, 0.3) is 17.0 Å². The molecule has 11 heteroatoms. The topological polar surface area (TPSA) is 80.6 Å². The second-order valence-corrected chi connectivity index (χ2v) is 16.5. The fourth-order valence-corrected chi connectivity index (χ4v) is 8.87. The summed E-state index contributed by atoms with van der Waals surface area (Å²) in [5.41, 5.74) is 10.1. The number of hydrogen-bond donors (Lipinski definition) is 2. The number of rotatable bonds is 15. The molecular formula is C46H59ClN10. The van der Waals surface area contributed by atoms with E-state index in [1.165, 1.54) is 40.7 Å². The smallest absolute Gasteiger partial charge is 0.227 e. The second-order valence-electron chi connectivity index (χ2n) is 16.1. The molecule has 7 rings (SSSR count). The summed E-state index contributed by atoms with van der Waals surface area (Å²) in [5, 5.41) is 13.4. The molecule has 3 aliphatic heterocycles. The van der Waals surface area contributed by atoms with E-state index in [0.29, 0.717) is 34.7 Å². The van der Waals surface area contributed by atoms with Crippen LogP contribution in [0.15, 0.2) is 98.2 Å². The van der Waals surface area contributed by atoms with Gasteiger partial charge in [-0.1, -0.05) is 56.5 Å².